The zero-order chi connectivity index (χ0) is 13.3. The fourth-order valence-corrected chi connectivity index (χ4v) is 2.58. The zero-order valence-corrected chi connectivity index (χ0v) is 12.8. The van der Waals surface area contributed by atoms with Crippen LogP contribution >= 0.6 is 12.4 Å². The predicted molar refractivity (Wildman–Crippen MR) is 85.2 cm³/mol. The SMILES string of the molecule is Cl.O=C(CCc1ccccc1)NCCC1CCCNC1. The van der Waals surface area contributed by atoms with Gasteiger partial charge in [0.05, 0.1) is 0 Å². The molecule has 0 aliphatic carbocycles. The summed E-state index contributed by atoms with van der Waals surface area (Å²) >= 11 is 0. The monoisotopic (exact) mass is 296 g/mol. The summed E-state index contributed by atoms with van der Waals surface area (Å²) in [5, 5.41) is 6.44. The van der Waals surface area contributed by atoms with Crippen LogP contribution in [0.5, 0.6) is 0 Å². The Morgan fingerprint density at radius 1 is 1.30 bits per heavy atom. The average Bonchev–Trinajstić information content (AvgIpc) is 2.47. The quantitative estimate of drug-likeness (QED) is 0.847. The van der Waals surface area contributed by atoms with Crippen molar-refractivity contribution < 1.29 is 4.79 Å². The molecule has 112 valence electrons. The van der Waals surface area contributed by atoms with Crippen LogP contribution in [0.25, 0.3) is 0 Å². The van der Waals surface area contributed by atoms with Gasteiger partial charge in [0, 0.05) is 13.0 Å². The molecular formula is C16H25ClN2O. The van der Waals surface area contributed by atoms with Crippen LogP contribution < -0.4 is 10.6 Å². The van der Waals surface area contributed by atoms with E-state index in [1.54, 1.807) is 0 Å². The van der Waals surface area contributed by atoms with Gasteiger partial charge in [0.25, 0.3) is 0 Å². The van der Waals surface area contributed by atoms with Gasteiger partial charge in [-0.2, -0.15) is 0 Å². The lowest BCUT2D eigenvalue weighted by Crippen LogP contribution is -2.33. The maximum absolute atomic E-state index is 11.7. The van der Waals surface area contributed by atoms with Gasteiger partial charge in [-0.05, 0) is 50.3 Å². The third kappa shape index (κ3) is 6.40. The fraction of sp³-hybridized carbons (Fsp3) is 0.562. The maximum atomic E-state index is 11.7. The third-order valence-electron chi connectivity index (χ3n) is 3.76. The molecule has 0 aromatic heterocycles. The van der Waals surface area contributed by atoms with Gasteiger partial charge in [-0.15, -0.1) is 12.4 Å². The molecule has 0 spiro atoms. The molecule has 2 rings (SSSR count). The largest absolute Gasteiger partial charge is 0.356 e. The first-order valence-electron chi connectivity index (χ1n) is 7.36. The van der Waals surface area contributed by atoms with Gasteiger partial charge in [0.15, 0.2) is 0 Å². The van der Waals surface area contributed by atoms with Crippen molar-refractivity contribution in [1.82, 2.24) is 10.6 Å². The van der Waals surface area contributed by atoms with E-state index in [1.165, 1.54) is 18.4 Å². The molecule has 4 heteroatoms. The summed E-state index contributed by atoms with van der Waals surface area (Å²) in [5.74, 6) is 0.913. The zero-order valence-electron chi connectivity index (χ0n) is 11.9. The van der Waals surface area contributed by atoms with Crippen LogP contribution in [0, 0.1) is 5.92 Å². The van der Waals surface area contributed by atoms with Crippen molar-refractivity contribution in [2.24, 2.45) is 5.92 Å². The Morgan fingerprint density at radius 2 is 2.10 bits per heavy atom. The molecular weight excluding hydrogens is 272 g/mol. The number of hydrogen-bond acceptors (Lipinski definition) is 2. The van der Waals surface area contributed by atoms with E-state index in [4.69, 9.17) is 0 Å². The molecule has 0 saturated carbocycles. The summed E-state index contributed by atoms with van der Waals surface area (Å²) < 4.78 is 0. The number of benzene rings is 1. The molecule has 3 nitrogen and oxygen atoms in total. The van der Waals surface area contributed by atoms with Crippen LogP contribution in [0.15, 0.2) is 30.3 Å². The fourth-order valence-electron chi connectivity index (χ4n) is 2.58. The molecule has 1 saturated heterocycles. The van der Waals surface area contributed by atoms with Crippen LogP contribution in [-0.2, 0) is 11.2 Å². The van der Waals surface area contributed by atoms with E-state index >= 15 is 0 Å². The first-order valence-corrected chi connectivity index (χ1v) is 7.36. The lowest BCUT2D eigenvalue weighted by Gasteiger charge is -2.22. The molecule has 1 aliphatic rings. The van der Waals surface area contributed by atoms with Crippen molar-refractivity contribution in [2.45, 2.75) is 32.1 Å². The van der Waals surface area contributed by atoms with Crippen molar-refractivity contribution in [3.8, 4) is 0 Å². The van der Waals surface area contributed by atoms with Crippen LogP contribution in [0.3, 0.4) is 0 Å². The summed E-state index contributed by atoms with van der Waals surface area (Å²) in [7, 11) is 0. The minimum Gasteiger partial charge on any atom is -0.356 e. The minimum absolute atomic E-state index is 0. The topological polar surface area (TPSA) is 41.1 Å². The first kappa shape index (κ1) is 17.0. The summed E-state index contributed by atoms with van der Waals surface area (Å²) in [5.41, 5.74) is 1.23. The van der Waals surface area contributed by atoms with Gasteiger partial charge in [-0.3, -0.25) is 4.79 Å². The number of carbonyl (C=O) groups excluding carboxylic acids is 1. The molecule has 1 amide bonds. The van der Waals surface area contributed by atoms with E-state index in [1.807, 2.05) is 18.2 Å². The number of aryl methyl sites for hydroxylation is 1. The lowest BCUT2D eigenvalue weighted by atomic mass is 9.96. The molecule has 1 atom stereocenters. The van der Waals surface area contributed by atoms with Crippen LogP contribution in [0.4, 0.5) is 0 Å². The number of carbonyl (C=O) groups is 1. The Hall–Kier alpha value is -1.06. The van der Waals surface area contributed by atoms with Gasteiger partial charge >= 0.3 is 0 Å². The molecule has 1 fully saturated rings. The van der Waals surface area contributed by atoms with Gasteiger partial charge in [-0.1, -0.05) is 30.3 Å². The van der Waals surface area contributed by atoms with Crippen LogP contribution in [0.2, 0.25) is 0 Å². The number of halogens is 1. The highest BCUT2D eigenvalue weighted by molar-refractivity contribution is 5.85. The minimum atomic E-state index is 0. The van der Waals surface area contributed by atoms with Crippen LogP contribution in [-0.4, -0.2) is 25.5 Å². The molecule has 0 radical (unpaired) electrons. The van der Waals surface area contributed by atoms with E-state index in [9.17, 15) is 4.79 Å². The highest BCUT2D eigenvalue weighted by Crippen LogP contribution is 2.12. The second kappa shape index (κ2) is 9.78. The van der Waals surface area contributed by atoms with Crippen LogP contribution in [0.1, 0.15) is 31.2 Å². The van der Waals surface area contributed by atoms with Crippen molar-refractivity contribution in [2.75, 3.05) is 19.6 Å². The van der Waals surface area contributed by atoms with Crippen molar-refractivity contribution in [3.05, 3.63) is 35.9 Å². The molecule has 2 N–H and O–H groups in total. The van der Waals surface area contributed by atoms with E-state index in [0.717, 1.165) is 38.4 Å². The number of nitrogens with one attached hydrogen (secondary N) is 2. The highest BCUT2D eigenvalue weighted by atomic mass is 35.5. The second-order valence-corrected chi connectivity index (χ2v) is 5.34. The number of amides is 1. The smallest absolute Gasteiger partial charge is 0.220 e. The maximum Gasteiger partial charge on any atom is 0.220 e. The molecule has 1 unspecified atom stereocenters. The average molecular weight is 297 g/mol. The normalized spacial score (nSPS) is 18.1. The molecule has 0 bridgehead atoms. The van der Waals surface area contributed by atoms with Gasteiger partial charge in [0.1, 0.15) is 0 Å². The summed E-state index contributed by atoms with van der Waals surface area (Å²) in [6.45, 7) is 3.08. The highest BCUT2D eigenvalue weighted by Gasteiger charge is 2.12. The summed E-state index contributed by atoms with van der Waals surface area (Å²) in [6.07, 6.45) is 5.09. The molecule has 1 heterocycles. The summed E-state index contributed by atoms with van der Waals surface area (Å²) in [4.78, 5) is 11.7. The van der Waals surface area contributed by atoms with Gasteiger partial charge in [0.2, 0.25) is 5.91 Å². The second-order valence-electron chi connectivity index (χ2n) is 5.34. The van der Waals surface area contributed by atoms with Crippen molar-refractivity contribution in [3.63, 3.8) is 0 Å². The lowest BCUT2D eigenvalue weighted by molar-refractivity contribution is -0.121. The standard InChI is InChI=1S/C16H24N2O.ClH/c19-16(9-8-14-5-2-1-3-6-14)18-12-10-15-7-4-11-17-13-15;/h1-3,5-6,15,17H,4,7-13H2,(H,18,19);1H. The molecule has 20 heavy (non-hydrogen) atoms. The molecule has 1 aromatic carbocycles. The first-order chi connectivity index (χ1) is 9.34. The number of piperidine rings is 1. The predicted octanol–water partition coefficient (Wildman–Crippen LogP) is 2.55. The van der Waals surface area contributed by atoms with Crippen molar-refractivity contribution >= 4 is 18.3 Å². The number of hydrogen-bond donors (Lipinski definition) is 2. The third-order valence-corrected chi connectivity index (χ3v) is 3.76. The van der Waals surface area contributed by atoms with E-state index in [0.29, 0.717) is 6.42 Å². The molecule has 1 aromatic rings. The van der Waals surface area contributed by atoms with Gasteiger partial charge in [-0.25, -0.2) is 0 Å². The summed E-state index contributed by atoms with van der Waals surface area (Å²) in [6, 6.07) is 10.2. The Morgan fingerprint density at radius 3 is 2.80 bits per heavy atom. The van der Waals surface area contributed by atoms with Crippen molar-refractivity contribution in [1.29, 1.82) is 0 Å². The Balaban J connectivity index is 0.00000200. The Bertz CT molecular complexity index is 377. The molecule has 1 aliphatic heterocycles. The Labute approximate surface area is 127 Å². The van der Waals surface area contributed by atoms with E-state index in [2.05, 4.69) is 22.8 Å². The number of rotatable bonds is 6. The Kier molecular flexibility index (Phi) is 8.31. The van der Waals surface area contributed by atoms with E-state index < -0.39 is 0 Å². The van der Waals surface area contributed by atoms with Gasteiger partial charge < -0.3 is 10.6 Å². The van der Waals surface area contributed by atoms with E-state index in [-0.39, 0.29) is 18.3 Å².